The standard InChI is InChI=1S/C18H17Cl2N3O/c19-15-6-4-14(13-16(15)20)5-7-18(24)23-11-9-22(10-12-23)17-3-1-2-8-21-17/h1-8,13H,9-12H2/b7-5+. The zero-order valence-electron chi connectivity index (χ0n) is 13.0. The van der Waals surface area contributed by atoms with Crippen molar-refractivity contribution in [3.05, 3.63) is 64.3 Å². The minimum Gasteiger partial charge on any atom is -0.353 e. The number of piperazine rings is 1. The Kier molecular flexibility index (Phi) is 5.38. The fraction of sp³-hybridized carbons (Fsp3) is 0.222. The van der Waals surface area contributed by atoms with Gasteiger partial charge in [-0.15, -0.1) is 0 Å². The number of pyridine rings is 1. The highest BCUT2D eigenvalue weighted by atomic mass is 35.5. The van der Waals surface area contributed by atoms with E-state index in [4.69, 9.17) is 23.2 Å². The molecule has 3 rings (SSSR count). The number of anilines is 1. The van der Waals surface area contributed by atoms with E-state index in [0.29, 0.717) is 23.1 Å². The maximum atomic E-state index is 12.3. The summed E-state index contributed by atoms with van der Waals surface area (Å²) >= 11 is 11.9. The van der Waals surface area contributed by atoms with Gasteiger partial charge in [0.1, 0.15) is 5.82 Å². The van der Waals surface area contributed by atoms with Gasteiger partial charge in [-0.2, -0.15) is 0 Å². The molecular formula is C18H17Cl2N3O. The van der Waals surface area contributed by atoms with Crippen LogP contribution >= 0.6 is 23.2 Å². The summed E-state index contributed by atoms with van der Waals surface area (Å²) in [7, 11) is 0. The lowest BCUT2D eigenvalue weighted by atomic mass is 10.2. The first-order valence-electron chi connectivity index (χ1n) is 7.71. The fourth-order valence-corrected chi connectivity index (χ4v) is 2.89. The lowest BCUT2D eigenvalue weighted by Gasteiger charge is -2.34. The van der Waals surface area contributed by atoms with Gasteiger partial charge in [-0.1, -0.05) is 35.3 Å². The molecule has 1 aromatic carbocycles. The summed E-state index contributed by atoms with van der Waals surface area (Å²) in [6.07, 6.45) is 5.12. The summed E-state index contributed by atoms with van der Waals surface area (Å²) < 4.78 is 0. The number of carbonyl (C=O) groups is 1. The minimum atomic E-state index is 0.00161. The van der Waals surface area contributed by atoms with Crippen molar-refractivity contribution in [1.82, 2.24) is 9.88 Å². The lowest BCUT2D eigenvalue weighted by molar-refractivity contribution is -0.126. The highest BCUT2D eigenvalue weighted by molar-refractivity contribution is 6.42. The molecular weight excluding hydrogens is 345 g/mol. The number of amides is 1. The summed E-state index contributed by atoms with van der Waals surface area (Å²) in [6, 6.07) is 11.2. The number of nitrogens with zero attached hydrogens (tertiary/aromatic N) is 3. The topological polar surface area (TPSA) is 36.4 Å². The summed E-state index contributed by atoms with van der Waals surface area (Å²) in [5, 5.41) is 0.987. The second kappa shape index (κ2) is 7.69. The summed E-state index contributed by atoms with van der Waals surface area (Å²) in [4.78, 5) is 20.7. The average molecular weight is 362 g/mol. The van der Waals surface area contributed by atoms with Crippen LogP contribution in [0.15, 0.2) is 48.7 Å². The van der Waals surface area contributed by atoms with E-state index < -0.39 is 0 Å². The van der Waals surface area contributed by atoms with Crippen molar-refractivity contribution in [2.45, 2.75) is 0 Å². The van der Waals surface area contributed by atoms with Gasteiger partial charge in [-0.25, -0.2) is 4.98 Å². The molecule has 0 bridgehead atoms. The van der Waals surface area contributed by atoms with Gasteiger partial charge >= 0.3 is 0 Å². The van der Waals surface area contributed by atoms with Crippen molar-refractivity contribution in [2.75, 3.05) is 31.1 Å². The van der Waals surface area contributed by atoms with E-state index in [9.17, 15) is 4.79 Å². The predicted octanol–water partition coefficient (Wildman–Crippen LogP) is 3.75. The number of benzene rings is 1. The monoisotopic (exact) mass is 361 g/mol. The van der Waals surface area contributed by atoms with Gasteiger partial charge in [0.2, 0.25) is 5.91 Å². The fourth-order valence-electron chi connectivity index (χ4n) is 2.59. The quantitative estimate of drug-likeness (QED) is 0.781. The molecule has 1 aliphatic rings. The van der Waals surface area contributed by atoms with Gasteiger partial charge in [0.05, 0.1) is 10.0 Å². The van der Waals surface area contributed by atoms with Crippen molar-refractivity contribution in [1.29, 1.82) is 0 Å². The maximum absolute atomic E-state index is 12.3. The van der Waals surface area contributed by atoms with Gasteiger partial charge in [0.15, 0.2) is 0 Å². The Bertz CT molecular complexity index is 741. The molecule has 1 aromatic heterocycles. The molecule has 1 amide bonds. The largest absolute Gasteiger partial charge is 0.353 e. The van der Waals surface area contributed by atoms with Gasteiger partial charge in [0.25, 0.3) is 0 Å². The SMILES string of the molecule is O=C(/C=C/c1ccc(Cl)c(Cl)c1)N1CCN(c2ccccn2)CC1. The molecule has 4 nitrogen and oxygen atoms in total. The normalized spacial score (nSPS) is 15.1. The Morgan fingerprint density at radius 3 is 2.50 bits per heavy atom. The van der Waals surface area contributed by atoms with Gasteiger partial charge in [0, 0.05) is 38.5 Å². The molecule has 0 unspecified atom stereocenters. The molecule has 0 saturated carbocycles. The Balaban J connectivity index is 1.57. The van der Waals surface area contributed by atoms with Crippen LogP contribution in [0.2, 0.25) is 10.0 Å². The molecule has 2 aromatic rings. The molecule has 0 radical (unpaired) electrons. The number of aromatic nitrogens is 1. The molecule has 124 valence electrons. The van der Waals surface area contributed by atoms with Crippen LogP contribution < -0.4 is 4.90 Å². The van der Waals surface area contributed by atoms with Crippen molar-refractivity contribution in [3.8, 4) is 0 Å². The van der Waals surface area contributed by atoms with Crippen LogP contribution in [-0.2, 0) is 4.79 Å². The smallest absolute Gasteiger partial charge is 0.246 e. The molecule has 2 heterocycles. The highest BCUT2D eigenvalue weighted by Gasteiger charge is 2.20. The summed E-state index contributed by atoms with van der Waals surface area (Å²) in [5.41, 5.74) is 0.852. The third kappa shape index (κ3) is 4.08. The average Bonchev–Trinajstić information content (AvgIpc) is 2.63. The maximum Gasteiger partial charge on any atom is 0.246 e. The molecule has 0 aliphatic carbocycles. The Morgan fingerprint density at radius 2 is 1.83 bits per heavy atom. The predicted molar refractivity (Wildman–Crippen MR) is 98.5 cm³/mol. The second-order valence-electron chi connectivity index (χ2n) is 5.51. The number of hydrogen-bond donors (Lipinski definition) is 0. The van der Waals surface area contributed by atoms with Gasteiger partial charge in [-0.3, -0.25) is 4.79 Å². The lowest BCUT2D eigenvalue weighted by Crippen LogP contribution is -2.48. The third-order valence-electron chi connectivity index (χ3n) is 3.93. The van der Waals surface area contributed by atoms with Crippen molar-refractivity contribution in [2.24, 2.45) is 0 Å². The molecule has 24 heavy (non-hydrogen) atoms. The van der Waals surface area contributed by atoms with E-state index >= 15 is 0 Å². The van der Waals surface area contributed by atoms with Crippen molar-refractivity contribution < 1.29 is 4.79 Å². The van der Waals surface area contributed by atoms with Crippen LogP contribution in [0.3, 0.4) is 0 Å². The first kappa shape index (κ1) is 16.8. The molecule has 0 spiro atoms. The Hall–Kier alpha value is -2.04. The molecule has 6 heteroatoms. The second-order valence-corrected chi connectivity index (χ2v) is 6.32. The first-order chi connectivity index (χ1) is 11.6. The van der Waals surface area contributed by atoms with Crippen LogP contribution in [0.1, 0.15) is 5.56 Å². The van der Waals surface area contributed by atoms with Crippen LogP contribution in [0.5, 0.6) is 0 Å². The van der Waals surface area contributed by atoms with E-state index in [-0.39, 0.29) is 5.91 Å². The van der Waals surface area contributed by atoms with Crippen molar-refractivity contribution in [3.63, 3.8) is 0 Å². The zero-order chi connectivity index (χ0) is 16.9. The Labute approximate surface area is 151 Å². The molecule has 1 aliphatic heterocycles. The van der Waals surface area contributed by atoms with Crippen LogP contribution in [-0.4, -0.2) is 42.0 Å². The van der Waals surface area contributed by atoms with E-state index in [0.717, 1.165) is 24.5 Å². The number of halogens is 2. The third-order valence-corrected chi connectivity index (χ3v) is 4.67. The van der Waals surface area contributed by atoms with Crippen LogP contribution in [0, 0.1) is 0 Å². The number of carbonyl (C=O) groups excluding carboxylic acids is 1. The zero-order valence-corrected chi connectivity index (χ0v) is 14.5. The van der Waals surface area contributed by atoms with Crippen molar-refractivity contribution >= 4 is 41.0 Å². The first-order valence-corrected chi connectivity index (χ1v) is 8.47. The van der Waals surface area contributed by atoms with E-state index in [1.807, 2.05) is 29.2 Å². The summed E-state index contributed by atoms with van der Waals surface area (Å²) in [6.45, 7) is 2.93. The van der Waals surface area contributed by atoms with Gasteiger partial charge in [-0.05, 0) is 35.9 Å². The Morgan fingerprint density at radius 1 is 1.04 bits per heavy atom. The number of rotatable bonds is 3. The van der Waals surface area contributed by atoms with E-state index in [1.165, 1.54) is 0 Å². The van der Waals surface area contributed by atoms with Crippen LogP contribution in [0.25, 0.3) is 6.08 Å². The van der Waals surface area contributed by atoms with Crippen LogP contribution in [0.4, 0.5) is 5.82 Å². The van der Waals surface area contributed by atoms with E-state index in [1.54, 1.807) is 30.5 Å². The molecule has 1 saturated heterocycles. The minimum absolute atomic E-state index is 0.00161. The molecule has 0 atom stereocenters. The van der Waals surface area contributed by atoms with Gasteiger partial charge < -0.3 is 9.80 Å². The van der Waals surface area contributed by atoms with E-state index in [2.05, 4.69) is 9.88 Å². The number of hydrogen-bond acceptors (Lipinski definition) is 3. The molecule has 0 N–H and O–H groups in total. The highest BCUT2D eigenvalue weighted by Crippen LogP contribution is 2.23. The summed E-state index contributed by atoms with van der Waals surface area (Å²) in [5.74, 6) is 0.956. The molecule has 1 fully saturated rings.